The first kappa shape index (κ1) is 46.1. The SMILES string of the molecule is O=C(O)CC(=O)O[C@H]1[C@H](O)[C@@H](O)[C@H](OC2CC(O)CC3[OH+]C(C4CCC(O)CC4)C(O[C@@H]4O[C@H](COC(=O)C=CC5CCC(O)CC5)[C@@H](O)[C@H](O)[C@H]4O)CC23)O[C@@H]1CO. The Labute approximate surface area is 340 Å². The first-order chi connectivity index (χ1) is 28.1. The molecule has 6 rings (SSSR count). The lowest BCUT2D eigenvalue weighted by atomic mass is 9.73. The summed E-state index contributed by atoms with van der Waals surface area (Å²) in [7, 11) is 0. The fraction of sp³-hybridized carbons (Fsp3) is 0.872. The second-order valence-corrected chi connectivity index (χ2v) is 17.0. The molecule has 3 saturated heterocycles. The van der Waals surface area contributed by atoms with Gasteiger partial charge in [0.05, 0.1) is 36.9 Å². The Morgan fingerprint density at radius 3 is 1.93 bits per heavy atom. The number of fused-ring (bicyclic) bond motifs is 1. The van der Waals surface area contributed by atoms with Crippen molar-refractivity contribution in [2.75, 3.05) is 13.2 Å². The van der Waals surface area contributed by atoms with E-state index in [1.54, 1.807) is 6.08 Å². The summed E-state index contributed by atoms with van der Waals surface area (Å²) in [6.07, 6.45) is -13.4. The predicted molar refractivity (Wildman–Crippen MR) is 195 cm³/mol. The van der Waals surface area contributed by atoms with Gasteiger partial charge in [0.25, 0.3) is 0 Å². The lowest BCUT2D eigenvalue weighted by Gasteiger charge is -2.50. The highest BCUT2D eigenvalue weighted by Gasteiger charge is 2.56. The summed E-state index contributed by atoms with van der Waals surface area (Å²) >= 11 is 0. The molecule has 20 nitrogen and oxygen atoms in total. The van der Waals surface area contributed by atoms with Crippen molar-refractivity contribution in [3.05, 3.63) is 12.2 Å². The lowest BCUT2D eigenvalue weighted by Crippen LogP contribution is -2.64. The van der Waals surface area contributed by atoms with Crippen LogP contribution in [-0.4, -0.2) is 191 Å². The number of carboxylic acids is 1. The van der Waals surface area contributed by atoms with Crippen molar-refractivity contribution in [3.8, 4) is 0 Å². The maximum atomic E-state index is 12.6. The van der Waals surface area contributed by atoms with E-state index in [9.17, 15) is 60.3 Å². The highest BCUT2D eigenvalue weighted by molar-refractivity contribution is 5.90. The summed E-state index contributed by atoms with van der Waals surface area (Å²) in [6.45, 7) is -1.27. The molecule has 6 fully saturated rings. The molecule has 336 valence electrons. The average molecular weight is 850 g/mol. The first-order valence-corrected chi connectivity index (χ1v) is 20.7. The molecule has 20 heteroatoms. The number of carbonyl (C=O) groups excluding carboxylic acids is 2. The molecule has 3 aliphatic carbocycles. The monoisotopic (exact) mass is 849 g/mol. The van der Waals surface area contributed by atoms with E-state index in [1.807, 2.05) is 0 Å². The minimum absolute atomic E-state index is 0.0330. The van der Waals surface area contributed by atoms with Crippen LogP contribution in [0.3, 0.4) is 0 Å². The molecular formula is C39H61O20+. The molecular weight excluding hydrogens is 788 g/mol. The van der Waals surface area contributed by atoms with Crippen molar-refractivity contribution >= 4 is 17.9 Å². The van der Waals surface area contributed by atoms with Gasteiger partial charge in [-0.25, -0.2) is 4.79 Å². The second kappa shape index (κ2) is 20.6. The van der Waals surface area contributed by atoms with Gasteiger partial charge in [0.15, 0.2) is 30.9 Å². The van der Waals surface area contributed by atoms with E-state index >= 15 is 0 Å². The van der Waals surface area contributed by atoms with E-state index in [-0.39, 0.29) is 37.2 Å². The zero-order valence-corrected chi connectivity index (χ0v) is 32.7. The van der Waals surface area contributed by atoms with Crippen molar-refractivity contribution in [2.45, 2.75) is 181 Å². The van der Waals surface area contributed by atoms with E-state index in [4.69, 9.17) is 38.3 Å². The maximum absolute atomic E-state index is 12.6. The third-order valence-electron chi connectivity index (χ3n) is 12.8. The van der Waals surface area contributed by atoms with Gasteiger partial charge in [0, 0.05) is 24.8 Å². The van der Waals surface area contributed by atoms with Gasteiger partial charge in [0.2, 0.25) is 0 Å². The summed E-state index contributed by atoms with van der Waals surface area (Å²) in [5, 5.41) is 105. The molecule has 3 aliphatic heterocycles. The molecule has 3 heterocycles. The van der Waals surface area contributed by atoms with Crippen molar-refractivity contribution < 1.29 is 98.6 Å². The number of hydrogen-bond acceptors (Lipinski definition) is 18. The molecule has 11 N–H and O–H groups in total. The third kappa shape index (κ3) is 11.5. The van der Waals surface area contributed by atoms with Crippen molar-refractivity contribution in [2.24, 2.45) is 17.8 Å². The van der Waals surface area contributed by atoms with Crippen LogP contribution in [0.25, 0.3) is 0 Å². The largest absolute Gasteiger partial charge is 0.481 e. The van der Waals surface area contributed by atoms with Crippen molar-refractivity contribution in [1.29, 1.82) is 0 Å². The Hall–Kier alpha value is -2.41. The van der Waals surface area contributed by atoms with Gasteiger partial charge in [-0.3, -0.25) is 9.59 Å². The van der Waals surface area contributed by atoms with E-state index in [2.05, 4.69) is 0 Å². The highest BCUT2D eigenvalue weighted by atomic mass is 16.7. The topological polar surface area (TPSA) is 322 Å². The van der Waals surface area contributed by atoms with Crippen LogP contribution in [0.5, 0.6) is 0 Å². The Balaban J connectivity index is 1.15. The van der Waals surface area contributed by atoms with Crippen molar-refractivity contribution in [1.82, 2.24) is 0 Å². The van der Waals surface area contributed by atoms with E-state index < -0.39 is 141 Å². The molecule has 3 saturated carbocycles. The van der Waals surface area contributed by atoms with E-state index in [0.29, 0.717) is 38.5 Å². The van der Waals surface area contributed by atoms with Gasteiger partial charge in [-0.15, -0.1) is 0 Å². The van der Waals surface area contributed by atoms with Crippen LogP contribution >= 0.6 is 0 Å². The van der Waals surface area contributed by atoms with Crippen LogP contribution < -0.4 is 0 Å². The summed E-state index contributed by atoms with van der Waals surface area (Å²) in [4.78, 5) is 35.6. The number of rotatable bonds is 13. The van der Waals surface area contributed by atoms with Crippen LogP contribution in [0, 0.1) is 17.8 Å². The lowest BCUT2D eigenvalue weighted by molar-refractivity contribution is -0.366. The smallest absolute Gasteiger partial charge is 0.330 e. The Bertz CT molecular complexity index is 1410. The van der Waals surface area contributed by atoms with Gasteiger partial charge in [-0.05, 0) is 63.7 Å². The highest BCUT2D eigenvalue weighted by Crippen LogP contribution is 2.44. The zero-order chi connectivity index (χ0) is 42.5. The van der Waals surface area contributed by atoms with Gasteiger partial charge >= 0.3 is 17.9 Å². The number of allylic oxidation sites excluding steroid dienone is 1. The van der Waals surface area contributed by atoms with Gasteiger partial charge in [-0.1, -0.05) is 6.08 Å². The van der Waals surface area contributed by atoms with Gasteiger partial charge < -0.3 is 84.2 Å². The number of carbonyl (C=O) groups is 3. The predicted octanol–water partition coefficient (Wildman–Crippen LogP) is -2.97. The van der Waals surface area contributed by atoms with Crippen LogP contribution in [0.15, 0.2) is 12.2 Å². The Kier molecular flexibility index (Phi) is 16.1. The molecule has 6 unspecified atom stereocenters. The number of aliphatic hydroxyl groups excluding tert-OH is 9. The number of ether oxygens (including phenoxy) is 7. The Morgan fingerprint density at radius 1 is 0.678 bits per heavy atom. The number of aliphatic hydroxyl groups is 11. The number of hydrogen-bond donors (Lipinski definition) is 10. The molecule has 0 radical (unpaired) electrons. The summed E-state index contributed by atoms with van der Waals surface area (Å²) in [5.74, 6) is -3.91. The van der Waals surface area contributed by atoms with E-state index in [1.165, 1.54) is 6.08 Å². The van der Waals surface area contributed by atoms with Crippen LogP contribution in [0.1, 0.15) is 77.0 Å². The molecule has 0 aromatic carbocycles. The van der Waals surface area contributed by atoms with Crippen molar-refractivity contribution in [3.63, 3.8) is 0 Å². The summed E-state index contributed by atoms with van der Waals surface area (Å²) < 4.78 is 39.9. The third-order valence-corrected chi connectivity index (χ3v) is 12.8. The van der Waals surface area contributed by atoms with Crippen LogP contribution in [0.2, 0.25) is 0 Å². The molecule has 0 spiro atoms. The standard InChI is InChI=1S/C39H60O20/c40-15-26-37(59-30(47)14-28(44)45)33(50)35(52)39(57-26)55-24-12-21(43)11-23-22(24)13-25(36(54-23)18-4-8-20(42)9-5-18)56-38-34(51)32(49)31(48)27(58-38)16-53-29(46)10-3-17-1-6-19(41)7-2-17/h3,10,17-27,31-43,48-52H,1-2,4-9,11-16H2,(H,44,45)/p+1/t17?,18?,19?,20?,21?,22?,23?,24?,25?,26-,27-,31-,32+,33-,34-,35-,36?,37-,38-,39-/m1/s1. The quantitative estimate of drug-likeness (QED) is 0.0383. The normalized spacial score (nSPS) is 45.6. The minimum atomic E-state index is -1.85. The number of aliphatic carboxylic acids is 1. The summed E-state index contributed by atoms with van der Waals surface area (Å²) in [5.41, 5.74) is 0. The molecule has 0 bridgehead atoms. The molecule has 6 aliphatic rings. The van der Waals surface area contributed by atoms with Crippen LogP contribution in [0.4, 0.5) is 0 Å². The fourth-order valence-electron chi connectivity index (χ4n) is 9.47. The van der Waals surface area contributed by atoms with Gasteiger partial charge in [-0.2, -0.15) is 0 Å². The molecule has 0 amide bonds. The van der Waals surface area contributed by atoms with Crippen LogP contribution in [-0.2, 0) is 42.8 Å². The van der Waals surface area contributed by atoms with E-state index in [0.717, 1.165) is 12.8 Å². The second-order valence-electron chi connectivity index (χ2n) is 17.0. The number of esters is 2. The first-order valence-electron chi connectivity index (χ1n) is 20.7. The molecule has 16 atom stereocenters. The fourth-order valence-corrected chi connectivity index (χ4v) is 9.47. The average Bonchev–Trinajstić information content (AvgIpc) is 3.20. The molecule has 0 aromatic heterocycles. The Morgan fingerprint density at radius 2 is 1.29 bits per heavy atom. The van der Waals surface area contributed by atoms with Gasteiger partial charge in [0.1, 0.15) is 61.9 Å². The zero-order valence-electron chi connectivity index (χ0n) is 32.7. The molecule has 0 aromatic rings. The molecule has 59 heavy (non-hydrogen) atoms. The number of carboxylic acid groups (broad SMARTS) is 1. The summed E-state index contributed by atoms with van der Waals surface area (Å²) in [6, 6.07) is 0. The maximum Gasteiger partial charge on any atom is 0.330 e. The minimum Gasteiger partial charge on any atom is -0.481 e.